The van der Waals surface area contributed by atoms with Crippen molar-refractivity contribution in [3.8, 4) is 0 Å². The van der Waals surface area contributed by atoms with Gasteiger partial charge in [0.1, 0.15) is 12.2 Å². The van der Waals surface area contributed by atoms with Gasteiger partial charge in [-0.3, -0.25) is 0 Å². The summed E-state index contributed by atoms with van der Waals surface area (Å²) in [5.74, 6) is -0.921. The van der Waals surface area contributed by atoms with Crippen LogP contribution >= 0.6 is 0 Å². The zero-order valence-corrected chi connectivity index (χ0v) is 33.3. The van der Waals surface area contributed by atoms with Crippen molar-refractivity contribution in [3.05, 3.63) is 181 Å². The van der Waals surface area contributed by atoms with E-state index in [0.29, 0.717) is 0 Å². The van der Waals surface area contributed by atoms with Gasteiger partial charge in [0.05, 0.1) is 12.6 Å². The molecule has 1 heterocycles. The molecule has 0 bridgehead atoms. The summed E-state index contributed by atoms with van der Waals surface area (Å²) in [5.41, 5.74) is 1.26. The number of alkyl carbamates (subject to hydrolysis) is 1. The molecule has 0 aromatic heterocycles. The van der Waals surface area contributed by atoms with Gasteiger partial charge >= 0.3 is 6.09 Å². The quantitative estimate of drug-likeness (QED) is 0.0742. The van der Waals surface area contributed by atoms with Crippen molar-refractivity contribution in [2.45, 2.75) is 82.6 Å². The van der Waals surface area contributed by atoms with Gasteiger partial charge in [-0.15, -0.1) is 0 Å². The number of carbonyl (C=O) groups is 1. The molecule has 280 valence electrons. The third-order valence-corrected chi connectivity index (χ3v) is 15.1. The highest BCUT2D eigenvalue weighted by atomic mass is 28.4. The van der Waals surface area contributed by atoms with Crippen LogP contribution in [0.4, 0.5) is 4.79 Å². The van der Waals surface area contributed by atoms with E-state index < -0.39 is 44.0 Å². The van der Waals surface area contributed by atoms with Crippen molar-refractivity contribution >= 4 is 24.8 Å². The normalized spacial score (nSPS) is 18.0. The molecule has 6 rings (SSSR count). The molecular formula is C47H53NO5Si. The van der Waals surface area contributed by atoms with Crippen LogP contribution in [0.1, 0.15) is 64.7 Å². The van der Waals surface area contributed by atoms with Crippen LogP contribution in [0.15, 0.2) is 164 Å². The fourth-order valence-corrected chi connectivity index (χ4v) is 12.4. The Morgan fingerprint density at radius 1 is 0.722 bits per heavy atom. The standard InChI is InChI=1S/C47H53NO5Si/c1-7-8-34-41(48-44(49)53-47(36-24-14-9-15-25-36,37-26-16-10-17-27-37)38-28-18-11-19-29-38)43-42(51-46(5,6)52-43)35-50-54(45(2,3)4,39-30-20-12-21-31-39)40-32-22-13-23-33-40/h8-34,41-43H,7,35H2,1-6H3,(H,48,49)/b34-8+/t41-,42+,43+/m0/s1. The molecule has 3 atom stereocenters. The van der Waals surface area contributed by atoms with Gasteiger partial charge in [0, 0.05) is 16.7 Å². The minimum atomic E-state index is -2.89. The maximum atomic E-state index is 14.5. The molecular weight excluding hydrogens is 687 g/mol. The average Bonchev–Trinajstić information content (AvgIpc) is 3.50. The number of hydrogen-bond donors (Lipinski definition) is 1. The predicted molar refractivity (Wildman–Crippen MR) is 219 cm³/mol. The summed E-state index contributed by atoms with van der Waals surface area (Å²) in [5, 5.41) is 5.36. The lowest BCUT2D eigenvalue weighted by Gasteiger charge is -2.43. The van der Waals surface area contributed by atoms with Gasteiger partial charge in [-0.25, -0.2) is 4.79 Å². The monoisotopic (exact) mass is 739 g/mol. The number of amides is 1. The minimum absolute atomic E-state index is 0.223. The van der Waals surface area contributed by atoms with E-state index in [9.17, 15) is 4.79 Å². The van der Waals surface area contributed by atoms with E-state index in [-0.39, 0.29) is 11.6 Å². The molecule has 5 aromatic carbocycles. The van der Waals surface area contributed by atoms with E-state index in [4.69, 9.17) is 18.6 Å². The zero-order valence-electron chi connectivity index (χ0n) is 32.3. The number of nitrogens with one attached hydrogen (secondary N) is 1. The number of benzene rings is 5. The first-order chi connectivity index (χ1) is 26.0. The van der Waals surface area contributed by atoms with Gasteiger partial charge in [-0.1, -0.05) is 192 Å². The van der Waals surface area contributed by atoms with E-state index >= 15 is 0 Å². The lowest BCUT2D eigenvalue weighted by molar-refractivity contribution is -0.149. The molecule has 1 fully saturated rings. The molecule has 1 aliphatic heterocycles. The Kier molecular flexibility index (Phi) is 12.0. The number of ether oxygens (including phenoxy) is 3. The van der Waals surface area contributed by atoms with Crippen LogP contribution in [0, 0.1) is 0 Å². The van der Waals surface area contributed by atoms with Gasteiger partial charge in [-0.2, -0.15) is 0 Å². The van der Waals surface area contributed by atoms with Crippen LogP contribution in [0.5, 0.6) is 0 Å². The van der Waals surface area contributed by atoms with Crippen LogP contribution in [-0.2, 0) is 24.2 Å². The summed E-state index contributed by atoms with van der Waals surface area (Å²) < 4.78 is 27.4. The molecule has 54 heavy (non-hydrogen) atoms. The lowest BCUT2D eigenvalue weighted by Crippen LogP contribution is -2.67. The van der Waals surface area contributed by atoms with Crippen LogP contribution in [0.2, 0.25) is 5.04 Å². The van der Waals surface area contributed by atoms with E-state index in [1.165, 1.54) is 10.4 Å². The Labute approximate surface area is 322 Å². The fraction of sp³-hybridized carbons (Fsp3) is 0.298. The summed E-state index contributed by atoms with van der Waals surface area (Å²) in [6.45, 7) is 12.9. The number of carbonyl (C=O) groups excluding carboxylic acids is 1. The second-order valence-corrected chi connectivity index (χ2v) is 19.6. The first-order valence-electron chi connectivity index (χ1n) is 18.9. The summed E-state index contributed by atoms with van der Waals surface area (Å²) in [4.78, 5) is 14.5. The van der Waals surface area contributed by atoms with Gasteiger partial charge in [-0.05, 0) is 35.7 Å². The predicted octanol–water partition coefficient (Wildman–Crippen LogP) is 9.14. The van der Waals surface area contributed by atoms with Crippen LogP contribution in [0.3, 0.4) is 0 Å². The molecule has 1 aliphatic rings. The van der Waals surface area contributed by atoms with Crippen molar-refractivity contribution in [2.75, 3.05) is 6.61 Å². The van der Waals surface area contributed by atoms with Gasteiger partial charge in [0.15, 0.2) is 11.4 Å². The van der Waals surface area contributed by atoms with E-state index in [1.807, 2.05) is 129 Å². The Hall–Kier alpha value is -4.79. The van der Waals surface area contributed by atoms with E-state index in [0.717, 1.165) is 23.1 Å². The molecule has 1 saturated heterocycles. The Balaban J connectivity index is 1.36. The third-order valence-electron chi connectivity index (χ3n) is 10.1. The largest absolute Gasteiger partial charge is 0.428 e. The highest BCUT2D eigenvalue weighted by Crippen LogP contribution is 2.41. The van der Waals surface area contributed by atoms with Crippen LogP contribution in [-0.4, -0.2) is 45.1 Å². The molecule has 0 spiro atoms. The molecule has 6 nitrogen and oxygen atoms in total. The first-order valence-corrected chi connectivity index (χ1v) is 20.8. The van der Waals surface area contributed by atoms with E-state index in [2.05, 4.69) is 81.5 Å². The van der Waals surface area contributed by atoms with Crippen LogP contribution < -0.4 is 15.7 Å². The van der Waals surface area contributed by atoms with Crippen molar-refractivity contribution in [1.82, 2.24) is 5.32 Å². The van der Waals surface area contributed by atoms with E-state index in [1.54, 1.807) is 0 Å². The number of rotatable bonds is 13. The first kappa shape index (κ1) is 38.9. The van der Waals surface area contributed by atoms with Crippen molar-refractivity contribution in [2.24, 2.45) is 0 Å². The Morgan fingerprint density at radius 3 is 1.56 bits per heavy atom. The average molecular weight is 740 g/mol. The third kappa shape index (κ3) is 8.15. The summed E-state index contributed by atoms with van der Waals surface area (Å²) in [7, 11) is -2.89. The Morgan fingerprint density at radius 2 is 1.15 bits per heavy atom. The SMILES string of the molecule is CC/C=C/[C@H](NC(=O)OC(c1ccccc1)(c1ccccc1)c1ccccc1)[C@H]1OC(C)(C)O[C@@H]1CO[Si](c1ccccc1)(c1ccccc1)C(C)(C)C. The molecule has 5 aromatic rings. The van der Waals surface area contributed by atoms with Gasteiger partial charge in [0.2, 0.25) is 0 Å². The number of hydrogen-bond acceptors (Lipinski definition) is 5. The highest BCUT2D eigenvalue weighted by molar-refractivity contribution is 6.99. The highest BCUT2D eigenvalue weighted by Gasteiger charge is 2.53. The lowest BCUT2D eigenvalue weighted by atomic mass is 9.80. The van der Waals surface area contributed by atoms with Gasteiger partial charge in [0.25, 0.3) is 8.32 Å². The molecule has 7 heteroatoms. The second kappa shape index (κ2) is 16.7. The minimum Gasteiger partial charge on any atom is -0.428 e. The topological polar surface area (TPSA) is 66.0 Å². The second-order valence-electron chi connectivity index (χ2n) is 15.3. The number of allylic oxidation sites excluding steroid dienone is 1. The maximum Gasteiger partial charge on any atom is 0.409 e. The molecule has 0 radical (unpaired) electrons. The van der Waals surface area contributed by atoms with Crippen molar-refractivity contribution in [1.29, 1.82) is 0 Å². The zero-order chi connectivity index (χ0) is 38.2. The summed E-state index contributed by atoms with van der Waals surface area (Å²) >= 11 is 0. The smallest absolute Gasteiger partial charge is 0.409 e. The fourth-order valence-electron chi connectivity index (χ4n) is 7.79. The van der Waals surface area contributed by atoms with Gasteiger partial charge < -0.3 is 24.0 Å². The molecule has 0 aliphatic carbocycles. The van der Waals surface area contributed by atoms with Crippen LogP contribution in [0.25, 0.3) is 0 Å². The Bertz CT molecular complexity index is 1810. The molecule has 1 amide bonds. The molecule has 0 saturated carbocycles. The van der Waals surface area contributed by atoms with Crippen molar-refractivity contribution in [3.63, 3.8) is 0 Å². The maximum absolute atomic E-state index is 14.5. The summed E-state index contributed by atoms with van der Waals surface area (Å²) in [6, 6.07) is 50.2. The molecule has 0 unspecified atom stereocenters. The summed E-state index contributed by atoms with van der Waals surface area (Å²) in [6.07, 6.45) is 3.14. The van der Waals surface area contributed by atoms with Crippen molar-refractivity contribution < 1.29 is 23.4 Å². The molecule has 1 N–H and O–H groups in total.